The summed E-state index contributed by atoms with van der Waals surface area (Å²) in [5.41, 5.74) is -4.71. The fourth-order valence-corrected chi connectivity index (χ4v) is 2.30. The van der Waals surface area contributed by atoms with Crippen LogP contribution < -0.4 is 0 Å². The van der Waals surface area contributed by atoms with E-state index < -0.39 is 52.9 Å². The van der Waals surface area contributed by atoms with Crippen LogP contribution in [-0.2, 0) is 17.1 Å². The van der Waals surface area contributed by atoms with Gasteiger partial charge in [-0.2, -0.15) is 26.3 Å². The molecule has 0 saturated carbocycles. The third kappa shape index (κ3) is 6.15. The third-order valence-electron chi connectivity index (χ3n) is 3.65. The number of nitrogens with zero attached hydrogens (tertiary/aromatic N) is 1. The molecule has 0 aliphatic heterocycles. The van der Waals surface area contributed by atoms with Gasteiger partial charge in [-0.15, -0.1) is 6.58 Å². The maximum absolute atomic E-state index is 13.0. The molecule has 2 atom stereocenters. The normalized spacial score (nSPS) is 15.0. The van der Waals surface area contributed by atoms with E-state index in [0.29, 0.717) is 12.1 Å². The van der Waals surface area contributed by atoms with E-state index in [4.69, 9.17) is 4.74 Å². The minimum absolute atomic E-state index is 0.0449. The summed E-state index contributed by atoms with van der Waals surface area (Å²) in [6.45, 7) is 8.11. The molecule has 4 nitrogen and oxygen atoms in total. The topological polar surface area (TPSA) is 49.8 Å². The van der Waals surface area contributed by atoms with Crippen LogP contribution in [0.3, 0.4) is 0 Å². The van der Waals surface area contributed by atoms with Gasteiger partial charge in [0.2, 0.25) is 0 Å². The molecule has 2 unspecified atom stereocenters. The Labute approximate surface area is 158 Å². The molecule has 0 radical (unpaired) electrons. The average molecular weight is 413 g/mol. The maximum atomic E-state index is 13.0. The number of benzene rings is 1. The highest BCUT2D eigenvalue weighted by Gasteiger charge is 2.38. The van der Waals surface area contributed by atoms with Gasteiger partial charge in [0.25, 0.3) is 0 Å². The Morgan fingerprint density at radius 3 is 1.82 bits per heavy atom. The molecule has 0 spiro atoms. The summed E-state index contributed by atoms with van der Waals surface area (Å²) >= 11 is 0. The smallest absolute Gasteiger partial charge is 0.416 e. The van der Waals surface area contributed by atoms with Gasteiger partial charge in [-0.05, 0) is 44.5 Å². The summed E-state index contributed by atoms with van der Waals surface area (Å²) in [7, 11) is 1.18. The van der Waals surface area contributed by atoms with E-state index in [1.165, 1.54) is 7.05 Å². The van der Waals surface area contributed by atoms with Crippen LogP contribution in [0.2, 0.25) is 0 Å². The van der Waals surface area contributed by atoms with E-state index in [1.54, 1.807) is 20.8 Å². The number of carbonyl (C=O) groups is 1. The zero-order valence-electron chi connectivity index (χ0n) is 15.6. The third-order valence-corrected chi connectivity index (χ3v) is 3.65. The van der Waals surface area contributed by atoms with Crippen molar-refractivity contribution in [2.75, 3.05) is 7.05 Å². The van der Waals surface area contributed by atoms with Crippen molar-refractivity contribution in [3.05, 3.63) is 47.5 Å². The zero-order valence-corrected chi connectivity index (χ0v) is 15.6. The van der Waals surface area contributed by atoms with Gasteiger partial charge in [0.15, 0.2) is 0 Å². The fraction of sp³-hybridized carbons (Fsp3) is 0.500. The molecule has 1 amide bonds. The molecule has 10 heteroatoms. The van der Waals surface area contributed by atoms with Crippen LogP contribution in [0.25, 0.3) is 0 Å². The van der Waals surface area contributed by atoms with Crippen molar-refractivity contribution in [3.63, 3.8) is 0 Å². The van der Waals surface area contributed by atoms with Crippen molar-refractivity contribution in [2.45, 2.75) is 50.9 Å². The molecule has 0 aromatic heterocycles. The number of aliphatic hydroxyl groups is 1. The van der Waals surface area contributed by atoms with Crippen LogP contribution in [0, 0.1) is 0 Å². The van der Waals surface area contributed by atoms with Crippen LogP contribution in [0.15, 0.2) is 30.9 Å². The van der Waals surface area contributed by atoms with E-state index in [1.807, 2.05) is 0 Å². The first-order valence-electron chi connectivity index (χ1n) is 8.03. The number of rotatable bonds is 4. The van der Waals surface area contributed by atoms with Crippen LogP contribution in [0.4, 0.5) is 31.1 Å². The van der Waals surface area contributed by atoms with E-state index in [-0.39, 0.29) is 6.07 Å². The second kappa shape index (κ2) is 8.02. The van der Waals surface area contributed by atoms with Gasteiger partial charge < -0.3 is 14.7 Å². The predicted molar refractivity (Wildman–Crippen MR) is 89.4 cm³/mol. The predicted octanol–water partition coefficient (Wildman–Crippen LogP) is 5.18. The first-order chi connectivity index (χ1) is 12.5. The summed E-state index contributed by atoms with van der Waals surface area (Å²) < 4.78 is 83.1. The lowest BCUT2D eigenvalue weighted by Gasteiger charge is -2.32. The molecule has 0 fully saturated rings. The van der Waals surface area contributed by atoms with E-state index in [2.05, 4.69) is 6.58 Å². The Morgan fingerprint density at radius 1 is 1.07 bits per heavy atom. The van der Waals surface area contributed by atoms with Crippen molar-refractivity contribution < 1.29 is 41.0 Å². The molecule has 158 valence electrons. The van der Waals surface area contributed by atoms with Crippen LogP contribution >= 0.6 is 0 Å². The van der Waals surface area contributed by atoms with Gasteiger partial charge >= 0.3 is 18.4 Å². The molecule has 28 heavy (non-hydrogen) atoms. The van der Waals surface area contributed by atoms with Crippen molar-refractivity contribution in [1.29, 1.82) is 0 Å². The molecule has 0 heterocycles. The molecule has 0 aliphatic carbocycles. The monoisotopic (exact) mass is 413 g/mol. The SMILES string of the molecule is C=CC(C(O)c1cc(C(F)(F)F)cc(C(F)(F)F)c1)N(C)C(=O)OC(C)(C)C. The summed E-state index contributed by atoms with van der Waals surface area (Å²) in [6, 6.07) is -0.575. The quantitative estimate of drug-likeness (QED) is 0.547. The number of aliphatic hydroxyl groups excluding tert-OH is 1. The number of likely N-dealkylation sites (N-methyl/N-ethyl adjacent to an activating group) is 1. The van der Waals surface area contributed by atoms with Gasteiger partial charge in [0.05, 0.1) is 17.2 Å². The van der Waals surface area contributed by atoms with Gasteiger partial charge in [-0.1, -0.05) is 6.08 Å². The summed E-state index contributed by atoms with van der Waals surface area (Å²) in [5.74, 6) is 0. The van der Waals surface area contributed by atoms with E-state index in [9.17, 15) is 36.2 Å². The molecule has 1 aromatic carbocycles. The number of alkyl halides is 6. The average Bonchev–Trinajstić information content (AvgIpc) is 2.51. The van der Waals surface area contributed by atoms with Crippen LogP contribution in [0.1, 0.15) is 43.6 Å². The van der Waals surface area contributed by atoms with Gasteiger partial charge in [0.1, 0.15) is 11.7 Å². The van der Waals surface area contributed by atoms with Crippen molar-refractivity contribution in [2.24, 2.45) is 0 Å². The Kier molecular flexibility index (Phi) is 6.82. The lowest BCUT2D eigenvalue weighted by Crippen LogP contribution is -2.42. The van der Waals surface area contributed by atoms with Crippen molar-refractivity contribution >= 4 is 6.09 Å². The summed E-state index contributed by atoms with van der Waals surface area (Å²) in [5, 5.41) is 10.4. The second-order valence-electron chi connectivity index (χ2n) is 7.10. The number of amides is 1. The highest BCUT2D eigenvalue weighted by molar-refractivity contribution is 5.68. The van der Waals surface area contributed by atoms with Gasteiger partial charge in [-0.3, -0.25) is 0 Å². The number of hydrogen-bond donors (Lipinski definition) is 1. The number of carbonyl (C=O) groups excluding carboxylic acids is 1. The Bertz CT molecular complexity index is 689. The number of hydrogen-bond acceptors (Lipinski definition) is 3. The lowest BCUT2D eigenvalue weighted by atomic mass is 9.96. The second-order valence-corrected chi connectivity index (χ2v) is 7.10. The summed E-state index contributed by atoms with van der Waals surface area (Å²) in [4.78, 5) is 13.0. The molecular formula is C18H21F6NO3. The van der Waals surface area contributed by atoms with Crippen LogP contribution in [0.5, 0.6) is 0 Å². The molecule has 1 rings (SSSR count). The highest BCUT2D eigenvalue weighted by atomic mass is 19.4. The summed E-state index contributed by atoms with van der Waals surface area (Å²) in [6.07, 6.45) is -11.9. The van der Waals surface area contributed by atoms with E-state index in [0.717, 1.165) is 11.0 Å². The zero-order chi connectivity index (χ0) is 22.1. The fourth-order valence-electron chi connectivity index (χ4n) is 2.30. The molecule has 1 N–H and O–H groups in total. The molecular weight excluding hydrogens is 392 g/mol. The highest BCUT2D eigenvalue weighted by Crippen LogP contribution is 2.38. The molecule has 0 bridgehead atoms. The van der Waals surface area contributed by atoms with Crippen molar-refractivity contribution in [3.8, 4) is 0 Å². The lowest BCUT2D eigenvalue weighted by molar-refractivity contribution is -0.143. The largest absolute Gasteiger partial charge is 0.444 e. The molecule has 0 saturated heterocycles. The molecule has 0 aliphatic rings. The van der Waals surface area contributed by atoms with E-state index >= 15 is 0 Å². The van der Waals surface area contributed by atoms with Gasteiger partial charge in [0, 0.05) is 7.05 Å². The minimum atomic E-state index is -5.06. The van der Waals surface area contributed by atoms with Crippen LogP contribution in [-0.4, -0.2) is 34.8 Å². The maximum Gasteiger partial charge on any atom is 0.416 e. The minimum Gasteiger partial charge on any atom is -0.444 e. The standard InChI is InChI=1S/C18H21F6NO3/c1-6-13(25(5)15(27)28-16(2,3)4)14(26)10-7-11(17(19,20)21)9-12(8-10)18(22,23)24/h6-9,13-14,26H,1H2,2-5H3. The van der Waals surface area contributed by atoms with Gasteiger partial charge in [-0.25, -0.2) is 4.79 Å². The number of halogens is 6. The number of ether oxygens (including phenoxy) is 1. The first-order valence-corrected chi connectivity index (χ1v) is 8.03. The molecule has 1 aromatic rings. The van der Waals surface area contributed by atoms with Crippen molar-refractivity contribution in [1.82, 2.24) is 4.90 Å². The Balaban J connectivity index is 3.36. The Hall–Kier alpha value is -2.23. The Morgan fingerprint density at radius 2 is 1.50 bits per heavy atom. The first kappa shape index (κ1) is 23.8.